The summed E-state index contributed by atoms with van der Waals surface area (Å²) in [6, 6.07) is 1.79. The zero-order valence-electron chi connectivity index (χ0n) is 7.30. The zero-order valence-corrected chi connectivity index (χ0v) is 10.4. The third kappa shape index (κ3) is 3.99. The minimum Gasteiger partial charge on any atom is -0.481 e. The van der Waals surface area contributed by atoms with E-state index in [2.05, 4.69) is 9.72 Å². The van der Waals surface area contributed by atoms with E-state index in [1.165, 1.54) is 7.11 Å². The van der Waals surface area contributed by atoms with E-state index in [4.69, 9.17) is 0 Å². The van der Waals surface area contributed by atoms with Crippen molar-refractivity contribution in [3.05, 3.63) is 18.3 Å². The van der Waals surface area contributed by atoms with Crippen LogP contribution in [0, 0.1) is 0 Å². The Morgan fingerprint density at radius 2 is 2.00 bits per heavy atom. The van der Waals surface area contributed by atoms with Crippen molar-refractivity contribution in [1.82, 2.24) is 4.98 Å². The van der Waals surface area contributed by atoms with Crippen LogP contribution in [0.2, 0.25) is 0 Å². The average Bonchev–Trinajstić information content (AvgIpc) is 2.03. The van der Waals surface area contributed by atoms with Crippen LogP contribution in [0.4, 0.5) is 12.9 Å². The Labute approximate surface area is 116 Å². The maximum absolute atomic E-state index is 12.1. The number of halogens is 3. The molecule has 7 heteroatoms. The molecule has 66 valence electrons. The maximum atomic E-state index is 12.1. The van der Waals surface area contributed by atoms with Crippen LogP contribution in [0.15, 0.2) is 18.3 Å². The minimum atomic E-state index is -4.95. The van der Waals surface area contributed by atoms with Crippen LogP contribution in [0.1, 0.15) is 0 Å². The third-order valence-corrected chi connectivity index (χ3v) is 1.35. The quantitative estimate of drug-likeness (QED) is 0.540. The summed E-state index contributed by atoms with van der Waals surface area (Å²) in [5, 5.41) is 0. The molecular weight excluding hydrogens is 209 g/mol. The fraction of sp³-hybridized carbons (Fsp3) is 0.167. The van der Waals surface area contributed by atoms with Crippen LogP contribution in [0.5, 0.6) is 5.88 Å². The van der Waals surface area contributed by atoms with E-state index in [0.29, 0.717) is 0 Å². The van der Waals surface area contributed by atoms with Crippen LogP contribution in [0.25, 0.3) is 0 Å². The number of hydrogen-bond acceptors (Lipinski definition) is 2. The van der Waals surface area contributed by atoms with Crippen molar-refractivity contribution < 1.29 is 69.1 Å². The van der Waals surface area contributed by atoms with Crippen molar-refractivity contribution in [2.75, 3.05) is 7.11 Å². The molecule has 0 aliphatic rings. The summed E-state index contributed by atoms with van der Waals surface area (Å²) in [5.41, 5.74) is -0.693. The third-order valence-electron chi connectivity index (χ3n) is 1.35. The molecule has 0 aliphatic heterocycles. The van der Waals surface area contributed by atoms with Gasteiger partial charge in [0.25, 0.3) is 0 Å². The van der Waals surface area contributed by atoms with Crippen LogP contribution < -0.4 is 61.6 Å². The van der Waals surface area contributed by atoms with Crippen LogP contribution in [-0.4, -0.2) is 19.1 Å². The SMILES string of the molecule is COc1cc([B-](F)(F)F)ccn1.[K+]. The zero-order chi connectivity index (χ0) is 9.19. The number of pyridine rings is 1. The van der Waals surface area contributed by atoms with Gasteiger partial charge in [-0.3, -0.25) is 0 Å². The molecule has 0 N–H and O–H groups in total. The molecule has 1 aromatic rings. The fourth-order valence-corrected chi connectivity index (χ4v) is 0.740. The van der Waals surface area contributed by atoms with E-state index in [9.17, 15) is 12.9 Å². The summed E-state index contributed by atoms with van der Waals surface area (Å²) in [6.45, 7) is -4.95. The van der Waals surface area contributed by atoms with Crippen LogP contribution >= 0.6 is 0 Å². The number of rotatable bonds is 2. The Kier molecular flexibility index (Phi) is 5.54. The Morgan fingerprint density at radius 1 is 1.38 bits per heavy atom. The Balaban J connectivity index is 0.00000144. The first-order valence-electron chi connectivity index (χ1n) is 3.24. The van der Waals surface area contributed by atoms with Gasteiger partial charge in [0.05, 0.1) is 7.11 Å². The molecule has 2 nitrogen and oxygen atoms in total. The summed E-state index contributed by atoms with van der Waals surface area (Å²) in [7, 11) is 1.27. The summed E-state index contributed by atoms with van der Waals surface area (Å²) in [5.74, 6) is -0.0216. The molecule has 0 saturated heterocycles. The normalized spacial score (nSPS) is 10.5. The van der Waals surface area contributed by atoms with Gasteiger partial charge in [0, 0.05) is 6.20 Å². The van der Waals surface area contributed by atoms with Gasteiger partial charge in [-0.25, -0.2) is 4.98 Å². The van der Waals surface area contributed by atoms with Crippen molar-refractivity contribution in [2.24, 2.45) is 0 Å². The predicted octanol–water partition coefficient (Wildman–Crippen LogP) is -1.85. The van der Waals surface area contributed by atoms with Gasteiger partial charge in [0.2, 0.25) is 5.88 Å². The Hall–Kier alpha value is 0.441. The summed E-state index contributed by atoms with van der Waals surface area (Å²) in [6.07, 6.45) is 1.07. The number of ether oxygens (including phenoxy) is 1. The van der Waals surface area contributed by atoms with Gasteiger partial charge in [-0.2, -0.15) is 0 Å². The number of methoxy groups -OCH3 is 1. The van der Waals surface area contributed by atoms with Crippen LogP contribution in [0.3, 0.4) is 0 Å². The first-order valence-corrected chi connectivity index (χ1v) is 3.24. The largest absolute Gasteiger partial charge is 1.00 e. The fourth-order valence-electron chi connectivity index (χ4n) is 0.740. The molecule has 0 amide bonds. The molecule has 0 spiro atoms. The molecule has 0 radical (unpaired) electrons. The monoisotopic (exact) mass is 215 g/mol. The van der Waals surface area contributed by atoms with E-state index >= 15 is 0 Å². The van der Waals surface area contributed by atoms with Crippen LogP contribution in [-0.2, 0) is 0 Å². The minimum absolute atomic E-state index is 0. The maximum Gasteiger partial charge on any atom is 1.00 e. The topological polar surface area (TPSA) is 22.1 Å². The Bertz CT molecular complexity index is 281. The standard InChI is InChI=1S/C6H6BF3NO.K/c1-12-6-4-5(2-3-11-6)7(8,9)10;/h2-4H,1H3;/q-1;+1. The van der Waals surface area contributed by atoms with E-state index in [0.717, 1.165) is 18.3 Å². The second-order valence-electron chi connectivity index (χ2n) is 2.21. The van der Waals surface area contributed by atoms with Gasteiger partial charge in [0.15, 0.2) is 0 Å². The van der Waals surface area contributed by atoms with E-state index in [1.807, 2.05) is 0 Å². The second kappa shape index (κ2) is 5.35. The summed E-state index contributed by atoms with van der Waals surface area (Å²) >= 11 is 0. The molecule has 1 rings (SSSR count). The van der Waals surface area contributed by atoms with Gasteiger partial charge >= 0.3 is 58.4 Å². The summed E-state index contributed by atoms with van der Waals surface area (Å²) in [4.78, 5) is 3.56. The molecule has 0 bridgehead atoms. The molecular formula is C6H6BF3KNO. The number of aromatic nitrogens is 1. The molecule has 0 atom stereocenters. The molecule has 0 fully saturated rings. The molecule has 13 heavy (non-hydrogen) atoms. The van der Waals surface area contributed by atoms with Gasteiger partial charge in [-0.15, -0.1) is 5.46 Å². The number of nitrogens with zero attached hydrogens (tertiary/aromatic N) is 1. The van der Waals surface area contributed by atoms with Crippen molar-refractivity contribution in [3.63, 3.8) is 0 Å². The van der Waals surface area contributed by atoms with Crippen molar-refractivity contribution in [1.29, 1.82) is 0 Å². The van der Waals surface area contributed by atoms with E-state index in [1.54, 1.807) is 0 Å². The predicted molar refractivity (Wildman–Crippen MR) is 39.5 cm³/mol. The van der Waals surface area contributed by atoms with Crippen molar-refractivity contribution in [3.8, 4) is 5.88 Å². The molecule has 1 aromatic heterocycles. The molecule has 0 unspecified atom stereocenters. The first kappa shape index (κ1) is 13.4. The molecule has 0 aromatic carbocycles. The molecule has 1 heterocycles. The second-order valence-corrected chi connectivity index (χ2v) is 2.21. The van der Waals surface area contributed by atoms with Gasteiger partial charge in [0.1, 0.15) is 0 Å². The van der Waals surface area contributed by atoms with Gasteiger partial charge < -0.3 is 17.7 Å². The smallest absolute Gasteiger partial charge is 0.481 e. The van der Waals surface area contributed by atoms with Gasteiger partial charge in [-0.05, 0) is 6.07 Å². The number of hydrogen-bond donors (Lipinski definition) is 0. The molecule has 0 saturated carbocycles. The summed E-state index contributed by atoms with van der Waals surface area (Å²) < 4.78 is 40.8. The van der Waals surface area contributed by atoms with Crippen molar-refractivity contribution in [2.45, 2.75) is 0 Å². The Morgan fingerprint density at radius 3 is 2.46 bits per heavy atom. The average molecular weight is 215 g/mol. The van der Waals surface area contributed by atoms with Gasteiger partial charge in [-0.1, -0.05) is 6.07 Å². The van der Waals surface area contributed by atoms with E-state index < -0.39 is 12.4 Å². The molecule has 0 aliphatic carbocycles. The van der Waals surface area contributed by atoms with Crippen molar-refractivity contribution >= 4 is 12.4 Å². The van der Waals surface area contributed by atoms with E-state index in [-0.39, 0.29) is 57.3 Å². The first-order chi connectivity index (χ1) is 5.54.